The van der Waals surface area contributed by atoms with E-state index in [9.17, 15) is 4.79 Å². The van der Waals surface area contributed by atoms with Crippen molar-refractivity contribution in [1.82, 2.24) is 14.6 Å². The summed E-state index contributed by atoms with van der Waals surface area (Å²) in [6.07, 6.45) is 1.52. The Balaban J connectivity index is 2.12. The Morgan fingerprint density at radius 2 is 2.00 bits per heavy atom. The molecule has 1 aromatic carbocycles. The van der Waals surface area contributed by atoms with Crippen LogP contribution in [0.15, 0.2) is 36.5 Å². The summed E-state index contributed by atoms with van der Waals surface area (Å²) in [5.41, 5.74) is 4.62. The van der Waals surface area contributed by atoms with E-state index in [1.807, 2.05) is 37.3 Å². The fraction of sp³-hybridized carbons (Fsp3) is 0.278. The van der Waals surface area contributed by atoms with Crippen molar-refractivity contribution >= 4 is 11.6 Å². The highest BCUT2D eigenvalue weighted by atomic mass is 16.5. The Morgan fingerprint density at radius 1 is 1.25 bits per heavy atom. The van der Waals surface area contributed by atoms with E-state index in [1.165, 1.54) is 11.8 Å². The molecule has 6 nitrogen and oxygen atoms in total. The third-order valence-electron chi connectivity index (χ3n) is 3.71. The second-order valence-corrected chi connectivity index (χ2v) is 5.44. The van der Waals surface area contributed by atoms with Gasteiger partial charge >= 0.3 is 5.97 Å². The number of methoxy groups -OCH3 is 1. The van der Waals surface area contributed by atoms with E-state index >= 15 is 0 Å². The Bertz CT molecular complexity index is 869. The van der Waals surface area contributed by atoms with Gasteiger partial charge in [0.25, 0.3) is 0 Å². The van der Waals surface area contributed by atoms with Gasteiger partial charge in [-0.15, -0.1) is 0 Å². The monoisotopic (exact) mass is 325 g/mol. The first-order chi connectivity index (χ1) is 11.6. The maximum atomic E-state index is 12.1. The average Bonchev–Trinajstić information content (AvgIpc) is 3.00. The van der Waals surface area contributed by atoms with Crippen molar-refractivity contribution in [2.24, 2.45) is 0 Å². The quantitative estimate of drug-likeness (QED) is 0.675. The molecule has 0 N–H and O–H groups in total. The van der Waals surface area contributed by atoms with Crippen LogP contribution in [-0.2, 0) is 16.1 Å². The number of rotatable bonds is 5. The molecule has 2 aromatic heterocycles. The van der Waals surface area contributed by atoms with Crippen LogP contribution in [0, 0.1) is 6.92 Å². The summed E-state index contributed by atoms with van der Waals surface area (Å²) in [6.45, 7) is 4.35. The second kappa shape index (κ2) is 6.80. The predicted molar refractivity (Wildman–Crippen MR) is 89.8 cm³/mol. The fourth-order valence-corrected chi connectivity index (χ4v) is 2.50. The average molecular weight is 325 g/mol. The molecule has 0 bridgehead atoms. The molecule has 0 spiro atoms. The Morgan fingerprint density at radius 3 is 2.67 bits per heavy atom. The van der Waals surface area contributed by atoms with Gasteiger partial charge in [0.1, 0.15) is 5.56 Å². The number of ether oxygens (including phenoxy) is 2. The molecule has 0 fully saturated rings. The van der Waals surface area contributed by atoms with Crippen molar-refractivity contribution in [3.05, 3.63) is 53.3 Å². The molecule has 0 atom stereocenters. The zero-order valence-electron chi connectivity index (χ0n) is 13.9. The molecule has 0 amide bonds. The lowest BCUT2D eigenvalue weighted by atomic mass is 10.1. The Kier molecular flexibility index (Phi) is 4.57. The van der Waals surface area contributed by atoms with E-state index in [-0.39, 0.29) is 6.61 Å². The number of benzene rings is 1. The zero-order valence-corrected chi connectivity index (χ0v) is 13.9. The molecule has 24 heavy (non-hydrogen) atoms. The standard InChI is InChI=1S/C18H19N3O3/c1-4-24-18(22)14-10-19-17-9-15(13-7-5-12(2)6-8-13)20-21(17)16(14)11-23-3/h5-10H,4,11H2,1-3H3. The molecular weight excluding hydrogens is 306 g/mol. The van der Waals surface area contributed by atoms with Crippen LogP contribution >= 0.6 is 0 Å². The molecular formula is C18H19N3O3. The summed E-state index contributed by atoms with van der Waals surface area (Å²) in [5.74, 6) is -0.425. The topological polar surface area (TPSA) is 65.7 Å². The SMILES string of the molecule is CCOC(=O)c1cnc2cc(-c3ccc(C)cc3)nn2c1COC. The Hall–Kier alpha value is -2.73. The molecule has 0 aliphatic rings. The summed E-state index contributed by atoms with van der Waals surface area (Å²) in [6, 6.07) is 9.98. The minimum atomic E-state index is -0.425. The van der Waals surface area contributed by atoms with Crippen molar-refractivity contribution in [1.29, 1.82) is 0 Å². The lowest BCUT2D eigenvalue weighted by Crippen LogP contribution is -2.14. The normalized spacial score (nSPS) is 11.0. The molecule has 0 aliphatic carbocycles. The molecule has 0 radical (unpaired) electrons. The maximum absolute atomic E-state index is 12.1. The number of esters is 1. The summed E-state index contributed by atoms with van der Waals surface area (Å²) in [7, 11) is 1.57. The first-order valence-electron chi connectivity index (χ1n) is 7.74. The number of aromatic nitrogens is 3. The number of aryl methyl sites for hydroxylation is 1. The molecule has 0 saturated heterocycles. The van der Waals surface area contributed by atoms with Gasteiger partial charge in [0.15, 0.2) is 5.65 Å². The van der Waals surface area contributed by atoms with Gasteiger partial charge in [-0.1, -0.05) is 29.8 Å². The Labute approximate surface area is 140 Å². The van der Waals surface area contributed by atoms with Gasteiger partial charge in [0, 0.05) is 24.9 Å². The fourth-order valence-electron chi connectivity index (χ4n) is 2.50. The largest absolute Gasteiger partial charge is 0.462 e. The van der Waals surface area contributed by atoms with E-state index in [0.717, 1.165) is 11.3 Å². The first-order valence-corrected chi connectivity index (χ1v) is 7.74. The summed E-state index contributed by atoms with van der Waals surface area (Å²) < 4.78 is 12.0. The van der Waals surface area contributed by atoms with Gasteiger partial charge in [0.2, 0.25) is 0 Å². The van der Waals surface area contributed by atoms with E-state index in [2.05, 4.69) is 10.1 Å². The minimum absolute atomic E-state index is 0.238. The van der Waals surface area contributed by atoms with Crippen molar-refractivity contribution in [3.8, 4) is 11.3 Å². The highest BCUT2D eigenvalue weighted by molar-refractivity contribution is 5.90. The molecule has 2 heterocycles. The van der Waals surface area contributed by atoms with Crippen LogP contribution in [0.3, 0.4) is 0 Å². The molecule has 124 valence electrons. The third-order valence-corrected chi connectivity index (χ3v) is 3.71. The number of carbonyl (C=O) groups is 1. The number of hydrogen-bond acceptors (Lipinski definition) is 5. The zero-order chi connectivity index (χ0) is 17.1. The van der Waals surface area contributed by atoms with E-state index < -0.39 is 5.97 Å². The molecule has 3 aromatic rings. The molecule has 0 unspecified atom stereocenters. The van der Waals surface area contributed by atoms with Crippen LogP contribution in [0.25, 0.3) is 16.9 Å². The van der Waals surface area contributed by atoms with Crippen molar-refractivity contribution in [2.45, 2.75) is 20.5 Å². The second-order valence-electron chi connectivity index (χ2n) is 5.44. The van der Waals surface area contributed by atoms with Gasteiger partial charge < -0.3 is 9.47 Å². The lowest BCUT2D eigenvalue weighted by Gasteiger charge is -2.09. The summed E-state index contributed by atoms with van der Waals surface area (Å²) >= 11 is 0. The van der Waals surface area contributed by atoms with Crippen LogP contribution in [0.1, 0.15) is 28.5 Å². The van der Waals surface area contributed by atoms with Gasteiger partial charge in [-0.25, -0.2) is 14.3 Å². The lowest BCUT2D eigenvalue weighted by molar-refractivity contribution is 0.0519. The van der Waals surface area contributed by atoms with Crippen LogP contribution in [0.5, 0.6) is 0 Å². The van der Waals surface area contributed by atoms with Crippen LogP contribution in [-0.4, -0.2) is 34.3 Å². The van der Waals surface area contributed by atoms with Crippen molar-refractivity contribution < 1.29 is 14.3 Å². The van der Waals surface area contributed by atoms with Gasteiger partial charge in [-0.05, 0) is 13.8 Å². The minimum Gasteiger partial charge on any atom is -0.462 e. The van der Waals surface area contributed by atoms with Gasteiger partial charge in [-0.3, -0.25) is 0 Å². The number of fused-ring (bicyclic) bond motifs is 1. The summed E-state index contributed by atoms with van der Waals surface area (Å²) in [4.78, 5) is 16.5. The molecule has 3 rings (SSSR count). The number of carbonyl (C=O) groups excluding carboxylic acids is 1. The number of nitrogens with zero attached hydrogens (tertiary/aromatic N) is 3. The highest BCUT2D eigenvalue weighted by Gasteiger charge is 2.18. The van der Waals surface area contributed by atoms with Crippen molar-refractivity contribution in [2.75, 3.05) is 13.7 Å². The van der Waals surface area contributed by atoms with E-state index in [4.69, 9.17) is 9.47 Å². The first kappa shape index (κ1) is 16.1. The third kappa shape index (κ3) is 3.00. The van der Waals surface area contributed by atoms with Crippen molar-refractivity contribution in [3.63, 3.8) is 0 Å². The van der Waals surface area contributed by atoms with Crippen LogP contribution in [0.4, 0.5) is 0 Å². The van der Waals surface area contributed by atoms with Gasteiger partial charge in [-0.2, -0.15) is 5.10 Å². The van der Waals surface area contributed by atoms with E-state index in [0.29, 0.717) is 23.5 Å². The molecule has 0 aliphatic heterocycles. The van der Waals surface area contributed by atoms with Gasteiger partial charge in [0.05, 0.1) is 24.6 Å². The highest BCUT2D eigenvalue weighted by Crippen LogP contribution is 2.22. The smallest absolute Gasteiger partial charge is 0.341 e. The predicted octanol–water partition coefficient (Wildman–Crippen LogP) is 3.03. The van der Waals surface area contributed by atoms with Crippen LogP contribution < -0.4 is 0 Å². The van der Waals surface area contributed by atoms with Crippen LogP contribution in [0.2, 0.25) is 0 Å². The molecule has 0 saturated carbocycles. The van der Waals surface area contributed by atoms with E-state index in [1.54, 1.807) is 18.5 Å². The number of hydrogen-bond donors (Lipinski definition) is 0. The maximum Gasteiger partial charge on any atom is 0.341 e. The summed E-state index contributed by atoms with van der Waals surface area (Å²) in [5, 5.41) is 4.60. The molecule has 6 heteroatoms.